The summed E-state index contributed by atoms with van der Waals surface area (Å²) in [5.74, 6) is 0.746. The van der Waals surface area contributed by atoms with E-state index in [1.807, 2.05) is 6.92 Å². The molecular weight excluding hydrogens is 208 g/mol. The normalized spacial score (nSPS) is 40.1. The van der Waals surface area contributed by atoms with Crippen LogP contribution in [-0.4, -0.2) is 62.6 Å². The Balaban J connectivity index is 2.57. The summed E-state index contributed by atoms with van der Waals surface area (Å²) >= 11 is 1.36. The van der Waals surface area contributed by atoms with Crippen LogP contribution in [0.1, 0.15) is 6.92 Å². The van der Waals surface area contributed by atoms with Crippen LogP contribution in [0.5, 0.6) is 0 Å². The van der Waals surface area contributed by atoms with Gasteiger partial charge in [-0.15, -0.1) is 11.8 Å². The molecule has 0 aliphatic carbocycles. The maximum atomic E-state index is 9.51. The van der Waals surface area contributed by atoms with Gasteiger partial charge in [-0.25, -0.2) is 0 Å². The van der Waals surface area contributed by atoms with Crippen molar-refractivity contribution in [2.24, 2.45) is 0 Å². The molecule has 5 atom stereocenters. The third-order valence-electron chi connectivity index (χ3n) is 2.15. The molecule has 84 valence electrons. The summed E-state index contributed by atoms with van der Waals surface area (Å²) in [6.07, 6.45) is -4.20. The van der Waals surface area contributed by atoms with Gasteiger partial charge in [0.1, 0.15) is 29.9 Å². The molecule has 0 radical (unpaired) electrons. The Hall–Kier alpha value is 0.150. The molecule has 5 nitrogen and oxygen atoms in total. The first-order valence-corrected chi connectivity index (χ1v) is 5.58. The lowest BCUT2D eigenvalue weighted by Gasteiger charge is -2.18. The van der Waals surface area contributed by atoms with E-state index in [0.717, 1.165) is 5.75 Å². The molecule has 1 aliphatic rings. The number of aliphatic hydroxyl groups excluding tert-OH is 4. The number of rotatable bonds is 4. The van der Waals surface area contributed by atoms with Gasteiger partial charge in [0.2, 0.25) is 0 Å². The number of hydrogen-bond acceptors (Lipinski definition) is 6. The molecule has 1 saturated heterocycles. The fraction of sp³-hybridized carbons (Fsp3) is 1.00. The second kappa shape index (κ2) is 5.29. The molecule has 0 unspecified atom stereocenters. The quantitative estimate of drug-likeness (QED) is 0.466. The van der Waals surface area contributed by atoms with Crippen molar-refractivity contribution < 1.29 is 25.2 Å². The minimum absolute atomic E-state index is 0.488. The van der Waals surface area contributed by atoms with Crippen LogP contribution in [0.4, 0.5) is 0 Å². The predicted octanol–water partition coefficient (Wildman–Crippen LogP) is -1.46. The van der Waals surface area contributed by atoms with Crippen LogP contribution in [0.2, 0.25) is 0 Å². The zero-order valence-corrected chi connectivity index (χ0v) is 8.72. The minimum Gasteiger partial charge on any atom is -0.394 e. The largest absolute Gasteiger partial charge is 0.394 e. The van der Waals surface area contributed by atoms with E-state index in [9.17, 15) is 15.3 Å². The van der Waals surface area contributed by atoms with Gasteiger partial charge in [0, 0.05) is 0 Å². The highest BCUT2D eigenvalue weighted by molar-refractivity contribution is 7.99. The van der Waals surface area contributed by atoms with Crippen molar-refractivity contribution in [3.8, 4) is 0 Å². The van der Waals surface area contributed by atoms with Crippen molar-refractivity contribution in [2.75, 3.05) is 12.4 Å². The van der Waals surface area contributed by atoms with Gasteiger partial charge in [0.05, 0.1) is 6.61 Å². The molecule has 0 amide bonds. The molecule has 0 bridgehead atoms. The van der Waals surface area contributed by atoms with Crippen molar-refractivity contribution in [3.63, 3.8) is 0 Å². The molecule has 4 N–H and O–H groups in total. The average molecular weight is 224 g/mol. The molecule has 0 aromatic heterocycles. The topological polar surface area (TPSA) is 90.2 Å². The van der Waals surface area contributed by atoms with E-state index in [2.05, 4.69) is 0 Å². The lowest BCUT2D eigenvalue weighted by atomic mass is 10.1. The zero-order valence-electron chi connectivity index (χ0n) is 7.91. The Morgan fingerprint density at radius 1 is 1.36 bits per heavy atom. The van der Waals surface area contributed by atoms with Crippen LogP contribution in [0.3, 0.4) is 0 Å². The molecule has 1 aliphatic heterocycles. The van der Waals surface area contributed by atoms with Gasteiger partial charge in [0.25, 0.3) is 0 Å². The van der Waals surface area contributed by atoms with Crippen LogP contribution in [0, 0.1) is 0 Å². The Bertz CT molecular complexity index is 177. The maximum absolute atomic E-state index is 9.51. The van der Waals surface area contributed by atoms with Crippen molar-refractivity contribution in [3.05, 3.63) is 0 Å². The summed E-state index contributed by atoms with van der Waals surface area (Å²) in [6, 6.07) is 0. The van der Waals surface area contributed by atoms with E-state index in [4.69, 9.17) is 9.84 Å². The summed E-state index contributed by atoms with van der Waals surface area (Å²) in [7, 11) is 0. The smallest absolute Gasteiger partial charge is 0.132 e. The van der Waals surface area contributed by atoms with Gasteiger partial charge in [-0.3, -0.25) is 0 Å². The standard InChI is InChI=1S/C8H16O5S/c1-2-14-8-6(12)5(11)7(13-8)4(10)3-9/h4-12H,2-3H2,1H3/t4-,5+,6+,7+,8-/m0/s1. The molecule has 14 heavy (non-hydrogen) atoms. The van der Waals surface area contributed by atoms with Crippen LogP contribution in [0.15, 0.2) is 0 Å². The molecule has 0 saturated carbocycles. The first-order valence-electron chi connectivity index (χ1n) is 4.54. The SMILES string of the molecule is CCS[C@@H]1O[C@H]([C@@H](O)CO)[C@H](O)[C@H]1O. The monoisotopic (exact) mass is 224 g/mol. The van der Waals surface area contributed by atoms with Crippen LogP contribution in [0.25, 0.3) is 0 Å². The molecule has 0 spiro atoms. The zero-order chi connectivity index (χ0) is 10.7. The van der Waals surface area contributed by atoms with Crippen LogP contribution in [-0.2, 0) is 4.74 Å². The molecular formula is C8H16O5S. The molecule has 1 heterocycles. The highest BCUT2D eigenvalue weighted by Crippen LogP contribution is 2.30. The van der Waals surface area contributed by atoms with E-state index in [-0.39, 0.29) is 0 Å². The van der Waals surface area contributed by atoms with Crippen molar-refractivity contribution >= 4 is 11.8 Å². The van der Waals surface area contributed by atoms with Gasteiger partial charge < -0.3 is 25.2 Å². The second-order valence-corrected chi connectivity index (χ2v) is 4.53. The lowest BCUT2D eigenvalue weighted by molar-refractivity contribution is -0.0713. The summed E-state index contributed by atoms with van der Waals surface area (Å²) in [5, 5.41) is 37.0. The Kier molecular flexibility index (Phi) is 4.62. The Labute approximate surface area is 86.7 Å². The number of thioether (sulfide) groups is 1. The molecule has 0 aromatic carbocycles. The second-order valence-electron chi connectivity index (χ2n) is 3.16. The van der Waals surface area contributed by atoms with Crippen molar-refractivity contribution in [1.82, 2.24) is 0 Å². The van der Waals surface area contributed by atoms with Gasteiger partial charge in [0.15, 0.2) is 0 Å². The average Bonchev–Trinajstić information content (AvgIpc) is 2.46. The minimum atomic E-state index is -1.15. The van der Waals surface area contributed by atoms with Crippen LogP contribution >= 0.6 is 11.8 Å². The predicted molar refractivity (Wildman–Crippen MR) is 51.9 cm³/mol. The Morgan fingerprint density at radius 2 is 2.00 bits per heavy atom. The fourth-order valence-corrected chi connectivity index (χ4v) is 2.29. The maximum Gasteiger partial charge on any atom is 0.132 e. The summed E-state index contributed by atoms with van der Waals surface area (Å²) < 4.78 is 5.23. The van der Waals surface area contributed by atoms with E-state index in [1.165, 1.54) is 11.8 Å². The van der Waals surface area contributed by atoms with Crippen LogP contribution < -0.4 is 0 Å². The van der Waals surface area contributed by atoms with Crippen molar-refractivity contribution in [2.45, 2.75) is 36.8 Å². The summed E-state index contributed by atoms with van der Waals surface area (Å²) in [4.78, 5) is 0. The summed E-state index contributed by atoms with van der Waals surface area (Å²) in [6.45, 7) is 1.42. The van der Waals surface area contributed by atoms with Gasteiger partial charge >= 0.3 is 0 Å². The van der Waals surface area contributed by atoms with E-state index >= 15 is 0 Å². The highest BCUT2D eigenvalue weighted by Gasteiger charge is 2.45. The molecule has 1 fully saturated rings. The highest BCUT2D eigenvalue weighted by atomic mass is 32.2. The first-order chi connectivity index (χ1) is 6.61. The third-order valence-corrected chi connectivity index (χ3v) is 3.21. The summed E-state index contributed by atoms with van der Waals surface area (Å²) in [5.41, 5.74) is -0.527. The van der Waals surface area contributed by atoms with Gasteiger partial charge in [-0.2, -0.15) is 0 Å². The van der Waals surface area contributed by atoms with Gasteiger partial charge in [-0.1, -0.05) is 6.92 Å². The lowest BCUT2D eigenvalue weighted by Crippen LogP contribution is -2.40. The van der Waals surface area contributed by atoms with E-state index in [0.29, 0.717) is 0 Å². The Morgan fingerprint density at radius 3 is 2.50 bits per heavy atom. The molecule has 0 aromatic rings. The third kappa shape index (κ3) is 2.39. The van der Waals surface area contributed by atoms with E-state index in [1.54, 1.807) is 0 Å². The number of aliphatic hydroxyl groups is 4. The van der Waals surface area contributed by atoms with Gasteiger partial charge in [-0.05, 0) is 5.75 Å². The molecule has 1 rings (SSSR count). The number of ether oxygens (including phenoxy) is 1. The van der Waals surface area contributed by atoms with E-state index < -0.39 is 36.5 Å². The van der Waals surface area contributed by atoms with Crippen molar-refractivity contribution in [1.29, 1.82) is 0 Å². The first kappa shape index (κ1) is 12.2. The number of hydrogen-bond donors (Lipinski definition) is 4. The fourth-order valence-electron chi connectivity index (χ4n) is 1.40. The molecule has 6 heteroatoms.